The number of thiazole rings is 1. The van der Waals surface area contributed by atoms with Gasteiger partial charge in [0.05, 0.1) is 23.8 Å². The van der Waals surface area contributed by atoms with E-state index in [4.69, 9.17) is 0 Å². The fourth-order valence-corrected chi connectivity index (χ4v) is 2.51. The zero-order valence-electron chi connectivity index (χ0n) is 12.3. The molecule has 0 fully saturated rings. The molecular formula is C13H20N6S. The van der Waals surface area contributed by atoms with Crippen LogP contribution in [-0.2, 0) is 20.1 Å². The van der Waals surface area contributed by atoms with Crippen LogP contribution in [0.4, 0.5) is 0 Å². The van der Waals surface area contributed by atoms with Gasteiger partial charge in [-0.3, -0.25) is 4.99 Å². The molecule has 0 spiro atoms. The highest BCUT2D eigenvalue weighted by molar-refractivity contribution is 7.09. The van der Waals surface area contributed by atoms with Gasteiger partial charge in [0.15, 0.2) is 5.96 Å². The summed E-state index contributed by atoms with van der Waals surface area (Å²) in [5, 5.41) is 6.48. The molecule has 108 valence electrons. The molecule has 0 aromatic carbocycles. The fourth-order valence-electron chi connectivity index (χ4n) is 1.91. The minimum Gasteiger partial charge on any atom is -0.349 e. The zero-order valence-corrected chi connectivity index (χ0v) is 13.1. The normalized spacial score (nSPS) is 11.7. The molecular weight excluding hydrogens is 272 g/mol. The molecule has 0 unspecified atom stereocenters. The van der Waals surface area contributed by atoms with Crippen LogP contribution in [0.5, 0.6) is 0 Å². The highest BCUT2D eigenvalue weighted by atomic mass is 32.1. The van der Waals surface area contributed by atoms with Gasteiger partial charge in [-0.05, 0) is 6.92 Å². The molecule has 2 aromatic rings. The van der Waals surface area contributed by atoms with Gasteiger partial charge in [-0.1, -0.05) is 0 Å². The lowest BCUT2D eigenvalue weighted by Gasteiger charge is -2.21. The molecule has 2 heterocycles. The number of aryl methyl sites for hydroxylation is 2. The first kappa shape index (κ1) is 14.5. The molecule has 0 saturated heterocycles. The Morgan fingerprint density at radius 3 is 2.90 bits per heavy atom. The van der Waals surface area contributed by atoms with Gasteiger partial charge in [0.2, 0.25) is 0 Å². The van der Waals surface area contributed by atoms with Gasteiger partial charge < -0.3 is 14.8 Å². The van der Waals surface area contributed by atoms with E-state index in [0.717, 1.165) is 29.0 Å². The summed E-state index contributed by atoms with van der Waals surface area (Å²) >= 11 is 1.67. The lowest BCUT2D eigenvalue weighted by Crippen LogP contribution is -2.38. The summed E-state index contributed by atoms with van der Waals surface area (Å²) in [5.74, 6) is 1.81. The molecule has 0 aliphatic rings. The molecule has 0 atom stereocenters. The minimum absolute atomic E-state index is 0.649. The number of rotatable bonds is 4. The Bertz CT molecular complexity index is 585. The van der Waals surface area contributed by atoms with Crippen LogP contribution in [-0.4, -0.2) is 39.5 Å². The van der Waals surface area contributed by atoms with Crippen LogP contribution in [0.1, 0.15) is 16.5 Å². The van der Waals surface area contributed by atoms with Crippen molar-refractivity contribution < 1.29 is 0 Å². The first-order chi connectivity index (χ1) is 9.60. The topological polar surface area (TPSA) is 58.3 Å². The summed E-state index contributed by atoms with van der Waals surface area (Å²) in [6, 6.07) is 0. The molecule has 6 nitrogen and oxygen atoms in total. The van der Waals surface area contributed by atoms with E-state index in [1.165, 1.54) is 0 Å². The molecule has 2 rings (SSSR count). The van der Waals surface area contributed by atoms with Crippen molar-refractivity contribution in [3.63, 3.8) is 0 Å². The van der Waals surface area contributed by atoms with Crippen molar-refractivity contribution in [2.75, 3.05) is 14.1 Å². The highest BCUT2D eigenvalue weighted by Gasteiger charge is 2.09. The van der Waals surface area contributed by atoms with Crippen LogP contribution in [0, 0.1) is 6.92 Å². The van der Waals surface area contributed by atoms with Gasteiger partial charge in [-0.2, -0.15) is 0 Å². The maximum absolute atomic E-state index is 4.47. The lowest BCUT2D eigenvalue weighted by atomic mass is 10.4. The molecule has 7 heteroatoms. The largest absolute Gasteiger partial charge is 0.349 e. The number of nitrogens with zero attached hydrogens (tertiary/aromatic N) is 5. The first-order valence-corrected chi connectivity index (χ1v) is 7.27. The molecule has 0 saturated carbocycles. The van der Waals surface area contributed by atoms with Gasteiger partial charge in [-0.25, -0.2) is 9.97 Å². The average molecular weight is 292 g/mol. The third-order valence-corrected chi connectivity index (χ3v) is 3.79. The Hall–Kier alpha value is -1.89. The molecule has 0 bridgehead atoms. The molecule has 20 heavy (non-hydrogen) atoms. The number of guanidine groups is 1. The molecule has 0 amide bonds. The second-order valence-electron chi connectivity index (χ2n) is 4.57. The number of imidazole rings is 1. The van der Waals surface area contributed by atoms with Gasteiger partial charge in [-0.15, -0.1) is 11.3 Å². The fraction of sp³-hybridized carbons (Fsp3) is 0.462. The van der Waals surface area contributed by atoms with Gasteiger partial charge >= 0.3 is 0 Å². The van der Waals surface area contributed by atoms with Crippen molar-refractivity contribution in [2.45, 2.75) is 20.0 Å². The minimum atomic E-state index is 0.649. The van der Waals surface area contributed by atoms with Crippen molar-refractivity contribution in [1.29, 1.82) is 0 Å². The maximum Gasteiger partial charge on any atom is 0.194 e. The van der Waals surface area contributed by atoms with Gasteiger partial charge in [0, 0.05) is 38.9 Å². The molecule has 2 aromatic heterocycles. The third kappa shape index (κ3) is 3.57. The van der Waals surface area contributed by atoms with E-state index < -0.39 is 0 Å². The smallest absolute Gasteiger partial charge is 0.194 e. The molecule has 0 radical (unpaired) electrons. The summed E-state index contributed by atoms with van der Waals surface area (Å²) in [6.45, 7) is 3.41. The standard InChI is InChI=1S/C13H20N6S/c1-10-17-11(9-20-10)8-19(4)13(14-2)16-7-12-15-5-6-18(12)3/h5-6,9H,7-8H2,1-4H3,(H,14,16). The van der Waals surface area contributed by atoms with Crippen LogP contribution in [0.15, 0.2) is 22.8 Å². The third-order valence-electron chi connectivity index (χ3n) is 2.96. The van der Waals surface area contributed by atoms with E-state index in [2.05, 4.69) is 30.6 Å². The second-order valence-corrected chi connectivity index (χ2v) is 5.63. The molecule has 0 aliphatic heterocycles. The predicted octanol–water partition coefficient (Wildman–Crippen LogP) is 1.39. The van der Waals surface area contributed by atoms with E-state index in [1.807, 2.05) is 31.8 Å². The van der Waals surface area contributed by atoms with Crippen LogP contribution in [0.2, 0.25) is 0 Å². The summed E-state index contributed by atoms with van der Waals surface area (Å²) in [6.07, 6.45) is 3.73. The Morgan fingerprint density at radius 1 is 1.55 bits per heavy atom. The zero-order chi connectivity index (χ0) is 14.5. The Kier molecular flexibility index (Phi) is 4.73. The highest BCUT2D eigenvalue weighted by Crippen LogP contribution is 2.09. The van der Waals surface area contributed by atoms with Crippen molar-refractivity contribution in [1.82, 2.24) is 24.8 Å². The van der Waals surface area contributed by atoms with E-state index in [1.54, 1.807) is 24.6 Å². The van der Waals surface area contributed by atoms with Crippen LogP contribution in [0.3, 0.4) is 0 Å². The Morgan fingerprint density at radius 2 is 2.35 bits per heavy atom. The van der Waals surface area contributed by atoms with Crippen molar-refractivity contribution >= 4 is 17.3 Å². The van der Waals surface area contributed by atoms with Gasteiger partial charge in [0.25, 0.3) is 0 Å². The second kappa shape index (κ2) is 6.51. The first-order valence-electron chi connectivity index (χ1n) is 6.39. The van der Waals surface area contributed by atoms with E-state index in [9.17, 15) is 0 Å². The lowest BCUT2D eigenvalue weighted by molar-refractivity contribution is 0.468. The SMILES string of the molecule is CN=C(NCc1nccn1C)N(C)Cc1csc(C)n1. The number of nitrogens with one attached hydrogen (secondary N) is 1. The maximum atomic E-state index is 4.47. The summed E-state index contributed by atoms with van der Waals surface area (Å²) in [4.78, 5) is 15.1. The van der Waals surface area contributed by atoms with E-state index >= 15 is 0 Å². The summed E-state index contributed by atoms with van der Waals surface area (Å²) in [5.41, 5.74) is 1.06. The molecule has 0 aliphatic carbocycles. The number of aromatic nitrogens is 3. The number of hydrogen-bond acceptors (Lipinski definition) is 4. The van der Waals surface area contributed by atoms with Gasteiger partial charge in [0.1, 0.15) is 5.82 Å². The Balaban J connectivity index is 1.93. The van der Waals surface area contributed by atoms with Crippen molar-refractivity contribution in [2.24, 2.45) is 12.0 Å². The summed E-state index contributed by atoms with van der Waals surface area (Å²) in [7, 11) is 5.76. The van der Waals surface area contributed by atoms with Crippen molar-refractivity contribution in [3.05, 3.63) is 34.3 Å². The van der Waals surface area contributed by atoms with E-state index in [0.29, 0.717) is 6.54 Å². The quantitative estimate of drug-likeness (QED) is 0.683. The van der Waals surface area contributed by atoms with Crippen molar-refractivity contribution in [3.8, 4) is 0 Å². The average Bonchev–Trinajstić information content (AvgIpc) is 3.00. The predicted molar refractivity (Wildman–Crippen MR) is 81.7 cm³/mol. The number of aliphatic imine (C=N–C) groups is 1. The summed E-state index contributed by atoms with van der Waals surface area (Å²) < 4.78 is 1.99. The van der Waals surface area contributed by atoms with Crippen LogP contribution < -0.4 is 5.32 Å². The van der Waals surface area contributed by atoms with Crippen LogP contribution in [0.25, 0.3) is 0 Å². The monoisotopic (exact) mass is 292 g/mol. The Labute approximate surface area is 123 Å². The van der Waals surface area contributed by atoms with Crippen LogP contribution >= 0.6 is 11.3 Å². The molecule has 1 N–H and O–H groups in total. The number of hydrogen-bond donors (Lipinski definition) is 1. The van der Waals surface area contributed by atoms with E-state index in [-0.39, 0.29) is 0 Å².